The lowest BCUT2D eigenvalue weighted by Gasteiger charge is -2.25. The fourth-order valence-electron chi connectivity index (χ4n) is 5.18. The van der Waals surface area contributed by atoms with Crippen molar-refractivity contribution in [1.82, 2.24) is 4.57 Å². The number of allylic oxidation sites excluding steroid dienone is 1. The first-order valence-corrected chi connectivity index (χ1v) is 15.9. The molecule has 0 saturated heterocycles. The number of halogens is 1. The maximum Gasteiger partial charge on any atom is 0.271 e. The fraction of sp³-hybridized carbons (Fsp3) is 0.139. The molecular formula is C36H30BrN3O4S. The minimum Gasteiger partial charge on any atom is -0.497 e. The van der Waals surface area contributed by atoms with Crippen LogP contribution >= 0.6 is 27.3 Å². The molecule has 0 fully saturated rings. The SMILES string of the molecule is COc1ccc([C@H]2C(C(=O)Nc3ccccc3)=C(C)N=c3s/c(=C/c4cc(Br)ccc4OCc4ccc(C)cc4)c(=O)n32)cc1. The molecule has 0 bridgehead atoms. The molecule has 0 radical (unpaired) electrons. The monoisotopic (exact) mass is 679 g/mol. The molecular weight excluding hydrogens is 650 g/mol. The van der Waals surface area contributed by atoms with E-state index >= 15 is 0 Å². The van der Waals surface area contributed by atoms with E-state index in [9.17, 15) is 9.59 Å². The van der Waals surface area contributed by atoms with Gasteiger partial charge in [0.05, 0.1) is 29.0 Å². The van der Waals surface area contributed by atoms with Gasteiger partial charge in [0, 0.05) is 15.7 Å². The van der Waals surface area contributed by atoms with Crippen molar-refractivity contribution >= 4 is 44.9 Å². The molecule has 2 heterocycles. The van der Waals surface area contributed by atoms with E-state index in [0.29, 0.717) is 44.4 Å². The maximum atomic E-state index is 14.2. The van der Waals surface area contributed by atoms with Gasteiger partial charge in [-0.15, -0.1) is 0 Å². The standard InChI is InChI=1S/C36H30BrN3O4S/c1-22-9-11-24(12-10-22)21-44-30-18-15-27(37)19-26(30)20-31-35(42)40-33(25-13-16-29(43-3)17-14-25)32(23(2)38-36(40)45-31)34(41)39-28-7-5-4-6-8-28/h4-20,33H,21H2,1-3H3,(H,39,41)/b31-20+/t33-/m0/s1. The average molecular weight is 681 g/mol. The first-order chi connectivity index (χ1) is 21.8. The predicted octanol–water partition coefficient (Wildman–Crippen LogP) is 6.53. The van der Waals surface area contributed by atoms with Crippen LogP contribution in [0.3, 0.4) is 0 Å². The van der Waals surface area contributed by atoms with Crippen molar-refractivity contribution in [3.8, 4) is 11.5 Å². The van der Waals surface area contributed by atoms with Gasteiger partial charge >= 0.3 is 0 Å². The molecule has 1 N–H and O–H groups in total. The molecule has 1 atom stereocenters. The number of carbonyl (C=O) groups excluding carboxylic acids is 1. The minimum atomic E-state index is -0.696. The van der Waals surface area contributed by atoms with Gasteiger partial charge in [0.25, 0.3) is 11.5 Å². The van der Waals surface area contributed by atoms with Gasteiger partial charge in [0.2, 0.25) is 0 Å². The zero-order valence-corrected chi connectivity index (χ0v) is 27.3. The molecule has 226 valence electrons. The summed E-state index contributed by atoms with van der Waals surface area (Å²) in [6.45, 7) is 4.24. The number of rotatable bonds is 8. The van der Waals surface area contributed by atoms with Crippen LogP contribution in [0.2, 0.25) is 0 Å². The van der Waals surface area contributed by atoms with Gasteiger partial charge < -0.3 is 14.8 Å². The second-order valence-corrected chi connectivity index (χ2v) is 12.6. The number of aromatic nitrogens is 1. The molecule has 4 aromatic carbocycles. The summed E-state index contributed by atoms with van der Waals surface area (Å²) >= 11 is 4.85. The number of benzene rings is 4. The highest BCUT2D eigenvalue weighted by Crippen LogP contribution is 2.32. The zero-order chi connectivity index (χ0) is 31.5. The Morgan fingerprint density at radius 1 is 1.00 bits per heavy atom. The first kappa shape index (κ1) is 30.3. The Morgan fingerprint density at radius 2 is 1.73 bits per heavy atom. The van der Waals surface area contributed by atoms with Crippen molar-refractivity contribution < 1.29 is 14.3 Å². The number of amides is 1. The maximum absolute atomic E-state index is 14.2. The number of hydrogen-bond acceptors (Lipinski definition) is 6. The van der Waals surface area contributed by atoms with Crippen LogP contribution < -0.4 is 29.7 Å². The predicted molar refractivity (Wildman–Crippen MR) is 181 cm³/mol. The summed E-state index contributed by atoms with van der Waals surface area (Å²) < 4.78 is 14.5. The largest absolute Gasteiger partial charge is 0.497 e. The number of aryl methyl sites for hydroxylation is 1. The van der Waals surface area contributed by atoms with Gasteiger partial charge in [-0.25, -0.2) is 4.99 Å². The third-order valence-corrected chi connectivity index (χ3v) is 8.98. The molecule has 5 aromatic rings. The van der Waals surface area contributed by atoms with Gasteiger partial charge in [-0.2, -0.15) is 0 Å². The molecule has 1 aliphatic rings. The lowest BCUT2D eigenvalue weighted by atomic mass is 9.95. The molecule has 1 aliphatic heterocycles. The molecule has 0 unspecified atom stereocenters. The van der Waals surface area contributed by atoms with Crippen LogP contribution in [0.1, 0.15) is 35.2 Å². The quantitative estimate of drug-likeness (QED) is 0.202. The molecule has 0 saturated carbocycles. The van der Waals surface area contributed by atoms with E-state index < -0.39 is 6.04 Å². The summed E-state index contributed by atoms with van der Waals surface area (Å²) in [6, 6.07) is 29.9. The number of anilines is 1. The van der Waals surface area contributed by atoms with Crippen molar-refractivity contribution in [3.63, 3.8) is 0 Å². The van der Waals surface area contributed by atoms with Crippen LogP contribution in [0, 0.1) is 6.92 Å². The number of carbonyl (C=O) groups is 1. The topological polar surface area (TPSA) is 81.9 Å². The van der Waals surface area contributed by atoms with Crippen LogP contribution in [0.15, 0.2) is 123 Å². The molecule has 6 rings (SSSR count). The van der Waals surface area contributed by atoms with Crippen LogP contribution in [-0.2, 0) is 11.4 Å². The summed E-state index contributed by atoms with van der Waals surface area (Å²) in [5.74, 6) is 1.00. The summed E-state index contributed by atoms with van der Waals surface area (Å²) in [5.41, 5.74) is 5.09. The molecule has 1 amide bonds. The van der Waals surface area contributed by atoms with E-state index in [1.54, 1.807) is 18.6 Å². The summed E-state index contributed by atoms with van der Waals surface area (Å²) in [5, 5.41) is 2.98. The van der Waals surface area contributed by atoms with E-state index in [1.165, 1.54) is 16.9 Å². The lowest BCUT2D eigenvalue weighted by Crippen LogP contribution is -2.40. The Balaban J connectivity index is 1.44. The fourth-order valence-corrected chi connectivity index (χ4v) is 6.60. The zero-order valence-electron chi connectivity index (χ0n) is 24.9. The van der Waals surface area contributed by atoms with Crippen molar-refractivity contribution in [2.24, 2.45) is 4.99 Å². The molecule has 1 aromatic heterocycles. The van der Waals surface area contributed by atoms with E-state index in [-0.39, 0.29) is 11.5 Å². The number of fused-ring (bicyclic) bond motifs is 1. The van der Waals surface area contributed by atoms with Crippen LogP contribution in [0.5, 0.6) is 11.5 Å². The van der Waals surface area contributed by atoms with Crippen molar-refractivity contribution in [2.75, 3.05) is 12.4 Å². The average Bonchev–Trinajstić information content (AvgIpc) is 3.35. The Kier molecular flexibility index (Phi) is 8.82. The second-order valence-electron chi connectivity index (χ2n) is 10.6. The van der Waals surface area contributed by atoms with Gasteiger partial charge in [-0.1, -0.05) is 87.4 Å². The Labute approximate surface area is 272 Å². The summed E-state index contributed by atoms with van der Waals surface area (Å²) in [4.78, 5) is 33.3. The normalized spacial score (nSPS) is 14.5. The number of methoxy groups -OCH3 is 1. The van der Waals surface area contributed by atoms with Crippen molar-refractivity contribution in [3.05, 3.63) is 155 Å². The Morgan fingerprint density at radius 3 is 2.44 bits per heavy atom. The third kappa shape index (κ3) is 6.55. The lowest BCUT2D eigenvalue weighted by molar-refractivity contribution is -0.113. The van der Waals surface area contributed by atoms with Gasteiger partial charge in [0.1, 0.15) is 18.1 Å². The number of nitrogens with one attached hydrogen (secondary N) is 1. The number of hydrogen-bond donors (Lipinski definition) is 1. The first-order valence-electron chi connectivity index (χ1n) is 14.3. The van der Waals surface area contributed by atoms with Crippen molar-refractivity contribution in [1.29, 1.82) is 0 Å². The molecule has 0 spiro atoms. The highest BCUT2D eigenvalue weighted by molar-refractivity contribution is 9.10. The summed E-state index contributed by atoms with van der Waals surface area (Å²) in [7, 11) is 1.60. The van der Waals surface area contributed by atoms with Gasteiger partial charge in [-0.3, -0.25) is 14.2 Å². The van der Waals surface area contributed by atoms with Crippen LogP contribution in [0.25, 0.3) is 6.08 Å². The number of thiazole rings is 1. The van der Waals surface area contributed by atoms with Crippen molar-refractivity contribution in [2.45, 2.75) is 26.5 Å². The highest BCUT2D eigenvalue weighted by Gasteiger charge is 2.32. The molecule has 9 heteroatoms. The minimum absolute atomic E-state index is 0.249. The van der Waals surface area contributed by atoms with Crippen LogP contribution in [0.4, 0.5) is 5.69 Å². The van der Waals surface area contributed by atoms with E-state index in [4.69, 9.17) is 14.5 Å². The van der Waals surface area contributed by atoms with Gasteiger partial charge in [-0.05, 0) is 73.5 Å². The smallest absolute Gasteiger partial charge is 0.271 e. The van der Waals surface area contributed by atoms with Crippen LogP contribution in [-0.4, -0.2) is 17.6 Å². The Hall–Kier alpha value is -4.73. The molecule has 7 nitrogen and oxygen atoms in total. The van der Waals surface area contributed by atoms with E-state index in [0.717, 1.165) is 21.2 Å². The highest BCUT2D eigenvalue weighted by atomic mass is 79.9. The number of nitrogens with zero attached hydrogens (tertiary/aromatic N) is 2. The number of ether oxygens (including phenoxy) is 2. The van der Waals surface area contributed by atoms with E-state index in [1.807, 2.05) is 97.9 Å². The summed E-state index contributed by atoms with van der Waals surface area (Å²) in [6.07, 6.45) is 1.83. The van der Waals surface area contributed by atoms with Gasteiger partial charge in [0.15, 0.2) is 4.80 Å². The third-order valence-electron chi connectivity index (χ3n) is 7.50. The molecule has 45 heavy (non-hydrogen) atoms. The second kappa shape index (κ2) is 13.1. The molecule has 0 aliphatic carbocycles. The Bertz CT molecular complexity index is 2080. The number of para-hydroxylation sites is 1. The van der Waals surface area contributed by atoms with E-state index in [2.05, 4.69) is 33.4 Å².